The van der Waals surface area contributed by atoms with Crippen LogP contribution in [-0.2, 0) is 16.4 Å². The highest BCUT2D eigenvalue weighted by molar-refractivity contribution is 7.92. The van der Waals surface area contributed by atoms with Crippen molar-refractivity contribution in [3.05, 3.63) is 59.7 Å². The predicted molar refractivity (Wildman–Crippen MR) is 109 cm³/mol. The molecule has 3 N–H and O–H groups in total. The quantitative estimate of drug-likeness (QED) is 0.592. The van der Waals surface area contributed by atoms with Crippen molar-refractivity contribution in [3.63, 3.8) is 0 Å². The topological polar surface area (TPSA) is 86.6 Å². The van der Waals surface area contributed by atoms with Gasteiger partial charge in [0, 0.05) is 21.9 Å². The summed E-state index contributed by atoms with van der Waals surface area (Å²) >= 11 is 0. The van der Waals surface area contributed by atoms with E-state index in [0.717, 1.165) is 30.2 Å². The van der Waals surface area contributed by atoms with Crippen molar-refractivity contribution < 1.29 is 18.6 Å². The largest absolute Gasteiger partial charge is 0.507 e. The molecule has 0 saturated heterocycles. The fraction of sp³-hybridized carbons (Fsp3) is 0.143. The molecule has 0 heterocycles. The highest BCUT2D eigenvalue weighted by Crippen LogP contribution is 2.46. The molecule has 138 valence electrons. The van der Waals surface area contributed by atoms with Crippen LogP contribution in [0.25, 0.3) is 28.0 Å². The Kier molecular flexibility index (Phi) is 4.08. The standard InChI is InChI=1S/C21H19NO4S/c1-27(25,26)22-18-12-17(21(24)16-9-5-4-8-15(16)18)20-14-7-3-2-6-13(14)10-11-19(20)23/h3-5,7-12,22-24H,2,6H2,1H3. The molecular formula is C21H19NO4S. The van der Waals surface area contributed by atoms with Crippen molar-refractivity contribution in [1.82, 2.24) is 0 Å². The van der Waals surface area contributed by atoms with Gasteiger partial charge in [-0.05, 0) is 36.1 Å². The zero-order valence-electron chi connectivity index (χ0n) is 14.7. The third-order valence-electron chi connectivity index (χ3n) is 4.76. The number of sulfonamides is 1. The Morgan fingerprint density at radius 2 is 1.78 bits per heavy atom. The van der Waals surface area contributed by atoms with Gasteiger partial charge in [-0.25, -0.2) is 8.42 Å². The lowest BCUT2D eigenvalue weighted by atomic mass is 9.88. The second-order valence-electron chi connectivity index (χ2n) is 6.71. The minimum atomic E-state index is -3.52. The Balaban J connectivity index is 2.07. The van der Waals surface area contributed by atoms with Crippen molar-refractivity contribution in [2.45, 2.75) is 12.8 Å². The normalized spacial score (nSPS) is 13.5. The number of phenols is 2. The van der Waals surface area contributed by atoms with E-state index in [2.05, 4.69) is 4.72 Å². The summed E-state index contributed by atoms with van der Waals surface area (Å²) in [4.78, 5) is 0. The summed E-state index contributed by atoms with van der Waals surface area (Å²) in [6.45, 7) is 0. The first-order valence-corrected chi connectivity index (χ1v) is 10.5. The van der Waals surface area contributed by atoms with Gasteiger partial charge in [0.2, 0.25) is 10.0 Å². The Hall–Kier alpha value is -2.99. The van der Waals surface area contributed by atoms with Gasteiger partial charge in [-0.3, -0.25) is 4.72 Å². The van der Waals surface area contributed by atoms with E-state index in [-0.39, 0.29) is 11.5 Å². The first-order valence-electron chi connectivity index (χ1n) is 8.59. The molecule has 0 aliphatic heterocycles. The Labute approximate surface area is 157 Å². The van der Waals surface area contributed by atoms with Gasteiger partial charge >= 0.3 is 0 Å². The number of nitrogens with one attached hydrogen (secondary N) is 1. The molecule has 5 nitrogen and oxygen atoms in total. The number of aryl methyl sites for hydroxylation is 1. The van der Waals surface area contributed by atoms with E-state index in [1.807, 2.05) is 18.2 Å². The van der Waals surface area contributed by atoms with Crippen molar-refractivity contribution in [2.75, 3.05) is 11.0 Å². The van der Waals surface area contributed by atoms with Crippen LogP contribution in [0.15, 0.2) is 48.5 Å². The van der Waals surface area contributed by atoms with Gasteiger partial charge in [0.1, 0.15) is 11.5 Å². The molecule has 4 rings (SSSR count). The Morgan fingerprint density at radius 3 is 2.52 bits per heavy atom. The predicted octanol–water partition coefficient (Wildman–Crippen LogP) is 4.25. The van der Waals surface area contributed by atoms with Crippen LogP contribution in [0.5, 0.6) is 11.5 Å². The van der Waals surface area contributed by atoms with E-state index in [4.69, 9.17) is 0 Å². The highest BCUT2D eigenvalue weighted by atomic mass is 32.2. The van der Waals surface area contributed by atoms with E-state index in [9.17, 15) is 18.6 Å². The van der Waals surface area contributed by atoms with Crippen LogP contribution < -0.4 is 4.72 Å². The maximum atomic E-state index is 11.8. The third-order valence-corrected chi connectivity index (χ3v) is 5.35. The van der Waals surface area contributed by atoms with Crippen LogP contribution in [0.3, 0.4) is 0 Å². The van der Waals surface area contributed by atoms with Crippen LogP contribution in [0.2, 0.25) is 0 Å². The lowest BCUT2D eigenvalue weighted by molar-refractivity contribution is 0.471. The van der Waals surface area contributed by atoms with Gasteiger partial charge in [-0.2, -0.15) is 0 Å². The fourth-order valence-corrected chi connectivity index (χ4v) is 4.19. The van der Waals surface area contributed by atoms with Crippen molar-refractivity contribution in [2.24, 2.45) is 0 Å². The maximum Gasteiger partial charge on any atom is 0.229 e. The Bertz CT molecular complexity index is 1200. The average Bonchev–Trinajstić information content (AvgIpc) is 2.63. The minimum absolute atomic E-state index is 0.00678. The van der Waals surface area contributed by atoms with Gasteiger partial charge in [-0.15, -0.1) is 0 Å². The van der Waals surface area contributed by atoms with Crippen molar-refractivity contribution in [1.29, 1.82) is 0 Å². The molecule has 0 fully saturated rings. The van der Waals surface area contributed by atoms with Gasteiger partial charge in [-0.1, -0.05) is 42.5 Å². The number of phenolic OH excluding ortho intramolecular Hbond substituents is 2. The van der Waals surface area contributed by atoms with Crippen molar-refractivity contribution >= 4 is 32.6 Å². The SMILES string of the molecule is CS(=O)(=O)Nc1cc(-c2c(O)ccc3c2C=CCC3)c(O)c2ccccc12. The van der Waals surface area contributed by atoms with Crippen LogP contribution in [0.1, 0.15) is 17.5 Å². The van der Waals surface area contributed by atoms with E-state index in [0.29, 0.717) is 27.6 Å². The van der Waals surface area contributed by atoms with Gasteiger partial charge < -0.3 is 10.2 Å². The average molecular weight is 381 g/mol. The zero-order chi connectivity index (χ0) is 19.2. The van der Waals surface area contributed by atoms with Gasteiger partial charge in [0.15, 0.2) is 0 Å². The summed E-state index contributed by atoms with van der Waals surface area (Å²) in [5.41, 5.74) is 3.18. The molecular weight excluding hydrogens is 362 g/mol. The molecule has 0 unspecified atom stereocenters. The smallest absolute Gasteiger partial charge is 0.229 e. The number of aromatic hydroxyl groups is 2. The van der Waals surface area contributed by atoms with Gasteiger partial charge in [0.25, 0.3) is 0 Å². The molecule has 6 heteroatoms. The van der Waals surface area contributed by atoms with Crippen LogP contribution in [-0.4, -0.2) is 24.9 Å². The number of benzene rings is 3. The number of hydrogen-bond acceptors (Lipinski definition) is 4. The molecule has 0 aromatic heterocycles. The van der Waals surface area contributed by atoms with Gasteiger partial charge in [0.05, 0.1) is 11.9 Å². The molecule has 0 amide bonds. The molecule has 1 aliphatic carbocycles. The first kappa shape index (κ1) is 17.4. The van der Waals surface area contributed by atoms with E-state index < -0.39 is 10.0 Å². The van der Waals surface area contributed by atoms with E-state index in [1.165, 1.54) is 0 Å². The molecule has 3 aromatic carbocycles. The number of hydrogen-bond donors (Lipinski definition) is 3. The molecule has 0 atom stereocenters. The summed E-state index contributed by atoms with van der Waals surface area (Å²) in [6.07, 6.45) is 6.81. The van der Waals surface area contributed by atoms with E-state index >= 15 is 0 Å². The number of allylic oxidation sites excluding steroid dienone is 1. The molecule has 27 heavy (non-hydrogen) atoms. The lowest BCUT2D eigenvalue weighted by Crippen LogP contribution is -2.10. The monoisotopic (exact) mass is 381 g/mol. The zero-order valence-corrected chi connectivity index (χ0v) is 15.5. The number of fused-ring (bicyclic) bond motifs is 2. The summed E-state index contributed by atoms with van der Waals surface area (Å²) in [6, 6.07) is 12.1. The number of rotatable bonds is 3. The molecule has 0 spiro atoms. The third kappa shape index (κ3) is 3.13. The fourth-order valence-electron chi connectivity index (χ4n) is 3.62. The van der Waals surface area contributed by atoms with Crippen LogP contribution in [0, 0.1) is 0 Å². The Morgan fingerprint density at radius 1 is 1.04 bits per heavy atom. The second-order valence-corrected chi connectivity index (χ2v) is 8.46. The lowest BCUT2D eigenvalue weighted by Gasteiger charge is -2.19. The highest BCUT2D eigenvalue weighted by Gasteiger charge is 2.21. The summed E-state index contributed by atoms with van der Waals surface area (Å²) in [5.74, 6) is 0.0449. The van der Waals surface area contributed by atoms with Crippen LogP contribution in [0.4, 0.5) is 5.69 Å². The van der Waals surface area contributed by atoms with Crippen molar-refractivity contribution in [3.8, 4) is 22.6 Å². The number of anilines is 1. The first-order chi connectivity index (χ1) is 12.8. The summed E-state index contributed by atoms with van der Waals surface area (Å²) in [5, 5.41) is 22.6. The van der Waals surface area contributed by atoms with Crippen LogP contribution >= 0.6 is 0 Å². The van der Waals surface area contributed by atoms with E-state index in [1.54, 1.807) is 36.4 Å². The summed E-state index contributed by atoms with van der Waals surface area (Å²) in [7, 11) is -3.52. The maximum absolute atomic E-state index is 11.8. The molecule has 3 aromatic rings. The minimum Gasteiger partial charge on any atom is -0.507 e. The molecule has 0 saturated carbocycles. The molecule has 0 radical (unpaired) electrons. The summed E-state index contributed by atoms with van der Waals surface area (Å²) < 4.78 is 26.2. The molecule has 1 aliphatic rings. The molecule has 0 bridgehead atoms. The second kappa shape index (κ2) is 6.32.